The third-order valence-corrected chi connectivity index (χ3v) is 8.14. The van der Waals surface area contributed by atoms with Gasteiger partial charge in [-0.25, -0.2) is 9.78 Å². The summed E-state index contributed by atoms with van der Waals surface area (Å²) in [5.74, 6) is -4.28. The van der Waals surface area contributed by atoms with E-state index in [4.69, 9.17) is 5.11 Å². The molecule has 0 saturated heterocycles. The lowest BCUT2D eigenvalue weighted by Crippen LogP contribution is -2.56. The smallest absolute Gasteiger partial charge is 0.326 e. The number of rotatable bonds is 21. The van der Waals surface area contributed by atoms with Gasteiger partial charge >= 0.3 is 17.9 Å². The van der Waals surface area contributed by atoms with Crippen LogP contribution >= 0.6 is 11.8 Å². The number of amides is 2. The van der Waals surface area contributed by atoms with Gasteiger partial charge in [0.1, 0.15) is 17.9 Å². The Bertz CT molecular complexity index is 1290. The molecule has 1 heterocycles. The Labute approximate surface area is 267 Å². The summed E-state index contributed by atoms with van der Waals surface area (Å²) < 4.78 is 1.85. The summed E-state index contributed by atoms with van der Waals surface area (Å²) in [6, 6.07) is 6.39. The molecule has 0 radical (unpaired) electrons. The van der Waals surface area contributed by atoms with E-state index in [2.05, 4.69) is 20.9 Å². The van der Waals surface area contributed by atoms with Crippen molar-refractivity contribution in [3.8, 4) is 0 Å². The van der Waals surface area contributed by atoms with Crippen LogP contribution in [0.5, 0.6) is 0 Å². The van der Waals surface area contributed by atoms with E-state index in [1.54, 1.807) is 6.20 Å². The maximum Gasteiger partial charge on any atom is 0.326 e. The lowest BCUT2D eigenvalue weighted by molar-refractivity contribution is -0.148. The van der Waals surface area contributed by atoms with E-state index in [0.717, 1.165) is 11.3 Å². The van der Waals surface area contributed by atoms with Crippen LogP contribution in [-0.2, 0) is 50.4 Å². The van der Waals surface area contributed by atoms with Gasteiger partial charge in [-0.2, -0.15) is 11.8 Å². The second-order valence-corrected chi connectivity index (χ2v) is 12.3. The highest BCUT2D eigenvalue weighted by Gasteiger charge is 2.30. The Hall–Kier alpha value is -3.91. The van der Waals surface area contributed by atoms with Gasteiger partial charge in [0, 0.05) is 32.6 Å². The number of aromatic nitrogens is 2. The SMILES string of the molecule is CSCC[C@H](NC(=O)[C@H](Cc1ccccc1)NC(=O)[C@@H](NCc1cnc(CCC[C@@H](CC(=O)O)C(=O)O)n1C)C(C)C)C(=O)O. The van der Waals surface area contributed by atoms with Crippen LogP contribution in [0.4, 0.5) is 0 Å². The van der Waals surface area contributed by atoms with Crippen LogP contribution in [0.3, 0.4) is 0 Å². The number of carboxylic acid groups (broad SMARTS) is 3. The Morgan fingerprint density at radius 1 is 0.933 bits per heavy atom. The topological polar surface area (TPSA) is 200 Å². The summed E-state index contributed by atoms with van der Waals surface area (Å²) in [7, 11) is 1.81. The predicted octanol–water partition coefficient (Wildman–Crippen LogP) is 2.08. The summed E-state index contributed by atoms with van der Waals surface area (Å²) in [6.07, 6.45) is 4.62. The van der Waals surface area contributed by atoms with Crippen molar-refractivity contribution in [3.05, 3.63) is 53.6 Å². The van der Waals surface area contributed by atoms with E-state index in [9.17, 15) is 34.2 Å². The van der Waals surface area contributed by atoms with Crippen LogP contribution in [0, 0.1) is 11.8 Å². The Morgan fingerprint density at radius 2 is 1.60 bits per heavy atom. The van der Waals surface area contributed by atoms with E-state index in [-0.39, 0.29) is 31.7 Å². The predicted molar refractivity (Wildman–Crippen MR) is 170 cm³/mol. The van der Waals surface area contributed by atoms with Gasteiger partial charge < -0.3 is 30.5 Å². The summed E-state index contributed by atoms with van der Waals surface area (Å²) in [4.78, 5) is 65.3. The third kappa shape index (κ3) is 12.5. The van der Waals surface area contributed by atoms with E-state index < -0.39 is 60.2 Å². The van der Waals surface area contributed by atoms with Crippen LogP contribution in [0.15, 0.2) is 36.5 Å². The lowest BCUT2D eigenvalue weighted by atomic mass is 9.98. The molecule has 0 bridgehead atoms. The zero-order valence-corrected chi connectivity index (χ0v) is 27.0. The number of thioether (sulfide) groups is 1. The molecule has 1 aromatic carbocycles. The first-order valence-corrected chi connectivity index (χ1v) is 16.3. The van der Waals surface area contributed by atoms with Crippen molar-refractivity contribution in [2.45, 2.75) is 77.0 Å². The molecule has 6 N–H and O–H groups in total. The number of carbonyl (C=O) groups is 5. The molecule has 0 fully saturated rings. The van der Waals surface area contributed by atoms with Gasteiger partial charge in [0.15, 0.2) is 0 Å². The normalized spacial score (nSPS) is 13.9. The molecule has 0 aliphatic heterocycles. The van der Waals surface area contributed by atoms with Crippen molar-refractivity contribution < 1.29 is 39.3 Å². The molecule has 0 aliphatic carbocycles. The minimum atomic E-state index is -1.15. The number of aryl methyl sites for hydroxylation is 1. The zero-order valence-electron chi connectivity index (χ0n) is 26.2. The fraction of sp³-hybridized carbons (Fsp3) is 0.548. The standard InChI is InChI=1S/C31H45N5O8S/c1-19(2)27(33-18-22-17-32-25(36(22)3)12-8-11-21(30(41)42)16-26(37)38)29(40)35-24(15-20-9-6-5-7-10-20)28(39)34-23(31(43)44)13-14-45-4/h5-7,9-10,17,19,21,23-24,27,33H,8,11-16,18H2,1-4H3,(H,34,39)(H,35,40)(H,37,38)(H,41,42)(H,43,44)/t21-,23-,24-,27-/m0/s1. The van der Waals surface area contributed by atoms with Gasteiger partial charge in [-0.3, -0.25) is 24.5 Å². The van der Waals surface area contributed by atoms with Gasteiger partial charge in [-0.05, 0) is 42.8 Å². The molecule has 0 aliphatic rings. The molecule has 248 valence electrons. The number of carbonyl (C=O) groups excluding carboxylic acids is 2. The number of hydrogen-bond acceptors (Lipinski definition) is 8. The second kappa shape index (κ2) is 18.8. The molecular formula is C31H45N5O8S. The highest BCUT2D eigenvalue weighted by molar-refractivity contribution is 7.98. The summed E-state index contributed by atoms with van der Waals surface area (Å²) >= 11 is 1.48. The molecule has 2 amide bonds. The third-order valence-electron chi connectivity index (χ3n) is 7.50. The lowest BCUT2D eigenvalue weighted by Gasteiger charge is -2.26. The minimum Gasteiger partial charge on any atom is -0.481 e. The number of imidazole rings is 1. The number of hydrogen-bond donors (Lipinski definition) is 6. The molecule has 1 aromatic heterocycles. The number of aliphatic carboxylic acids is 3. The summed E-state index contributed by atoms with van der Waals surface area (Å²) in [5, 5.41) is 36.5. The molecule has 2 aromatic rings. The van der Waals surface area contributed by atoms with Gasteiger partial charge in [0.2, 0.25) is 11.8 Å². The highest BCUT2D eigenvalue weighted by atomic mass is 32.2. The Morgan fingerprint density at radius 3 is 2.18 bits per heavy atom. The maximum absolute atomic E-state index is 13.5. The molecule has 0 spiro atoms. The van der Waals surface area contributed by atoms with Crippen molar-refractivity contribution in [2.75, 3.05) is 12.0 Å². The molecule has 14 heteroatoms. The minimum absolute atomic E-state index is 0.159. The van der Waals surface area contributed by atoms with Crippen LogP contribution in [0.1, 0.15) is 56.6 Å². The summed E-state index contributed by atoms with van der Waals surface area (Å²) in [6.45, 7) is 4.02. The average molecular weight is 648 g/mol. The monoisotopic (exact) mass is 647 g/mol. The summed E-state index contributed by atoms with van der Waals surface area (Å²) in [5.41, 5.74) is 1.59. The van der Waals surface area contributed by atoms with E-state index in [0.29, 0.717) is 24.4 Å². The van der Waals surface area contributed by atoms with Crippen molar-refractivity contribution in [1.82, 2.24) is 25.5 Å². The van der Waals surface area contributed by atoms with E-state index in [1.807, 2.05) is 62.0 Å². The van der Waals surface area contributed by atoms with Crippen molar-refractivity contribution in [3.63, 3.8) is 0 Å². The van der Waals surface area contributed by atoms with Crippen molar-refractivity contribution in [1.29, 1.82) is 0 Å². The maximum atomic E-state index is 13.5. The van der Waals surface area contributed by atoms with Crippen molar-refractivity contribution >= 4 is 41.5 Å². The molecular weight excluding hydrogens is 602 g/mol. The Kier molecular flexibility index (Phi) is 15.6. The molecule has 4 atom stereocenters. The fourth-order valence-electron chi connectivity index (χ4n) is 4.85. The van der Waals surface area contributed by atoms with Crippen molar-refractivity contribution in [2.24, 2.45) is 18.9 Å². The van der Waals surface area contributed by atoms with Crippen LogP contribution in [-0.4, -0.2) is 84.7 Å². The van der Waals surface area contributed by atoms with E-state index in [1.165, 1.54) is 11.8 Å². The average Bonchev–Trinajstić information content (AvgIpc) is 3.32. The zero-order chi connectivity index (χ0) is 33.5. The van der Waals surface area contributed by atoms with Gasteiger partial charge in [-0.1, -0.05) is 44.2 Å². The van der Waals surface area contributed by atoms with Gasteiger partial charge in [-0.15, -0.1) is 0 Å². The number of nitrogens with zero attached hydrogens (tertiary/aromatic N) is 2. The molecule has 13 nitrogen and oxygen atoms in total. The van der Waals surface area contributed by atoms with Crippen LogP contribution in [0.2, 0.25) is 0 Å². The molecule has 45 heavy (non-hydrogen) atoms. The number of benzene rings is 1. The quantitative estimate of drug-likeness (QED) is 0.116. The molecule has 0 unspecified atom stereocenters. The molecule has 0 saturated carbocycles. The fourth-order valence-corrected chi connectivity index (χ4v) is 5.32. The molecule has 2 rings (SSSR count). The highest BCUT2D eigenvalue weighted by Crippen LogP contribution is 2.16. The Balaban J connectivity index is 2.10. The van der Waals surface area contributed by atoms with Gasteiger partial charge in [0.25, 0.3) is 0 Å². The van der Waals surface area contributed by atoms with Gasteiger partial charge in [0.05, 0.1) is 24.1 Å². The van der Waals surface area contributed by atoms with Crippen LogP contribution in [0.25, 0.3) is 0 Å². The second-order valence-electron chi connectivity index (χ2n) is 11.3. The number of nitrogens with one attached hydrogen (secondary N) is 3. The van der Waals surface area contributed by atoms with Crippen LogP contribution < -0.4 is 16.0 Å². The first-order valence-electron chi connectivity index (χ1n) is 14.9. The first-order chi connectivity index (χ1) is 21.3. The number of carboxylic acids is 3. The van der Waals surface area contributed by atoms with E-state index >= 15 is 0 Å². The first kappa shape index (κ1) is 37.3. The largest absolute Gasteiger partial charge is 0.481 e.